The summed E-state index contributed by atoms with van der Waals surface area (Å²) in [5, 5.41) is 5.90. The number of hydrogen-bond acceptors (Lipinski definition) is 10. The first-order valence-electron chi connectivity index (χ1n) is 21.2. The maximum absolute atomic E-state index is 13.6. The fraction of sp³-hybridized carbons (Fsp3) is 0.391. The third-order valence-electron chi connectivity index (χ3n) is 12.9. The monoisotopic (exact) mass is 802 g/mol. The van der Waals surface area contributed by atoms with Gasteiger partial charge in [-0.25, -0.2) is 29.9 Å². The van der Waals surface area contributed by atoms with Crippen LogP contribution in [0.5, 0.6) is 0 Å². The van der Waals surface area contributed by atoms with E-state index in [1.807, 2.05) is 12.4 Å². The van der Waals surface area contributed by atoms with E-state index in [0.29, 0.717) is 35.8 Å². The van der Waals surface area contributed by atoms with Crippen molar-refractivity contribution >= 4 is 23.7 Å². The Bertz CT molecular complexity index is 2290. The highest BCUT2D eigenvalue weighted by Gasteiger charge is 2.58. The molecule has 8 atom stereocenters. The average Bonchev–Trinajstić information content (AvgIpc) is 3.87. The van der Waals surface area contributed by atoms with E-state index in [-0.39, 0.29) is 47.8 Å². The summed E-state index contributed by atoms with van der Waals surface area (Å²) in [4.78, 5) is 66.0. The summed E-state index contributed by atoms with van der Waals surface area (Å²) >= 11 is 0. The predicted octanol–water partition coefficient (Wildman–Crippen LogP) is 7.31. The third kappa shape index (κ3) is 7.27. The molecule has 0 radical (unpaired) electrons. The number of aromatic amines is 2. The van der Waals surface area contributed by atoms with Crippen molar-refractivity contribution in [3.05, 3.63) is 109 Å². The highest BCUT2D eigenvalue weighted by atomic mass is 16.2. The number of nitrogens with zero attached hydrogens (tertiary/aromatic N) is 8. The maximum Gasteiger partial charge on any atom is 0.244 e. The van der Waals surface area contributed by atoms with Crippen LogP contribution < -0.4 is 10.6 Å². The minimum Gasteiger partial charge on any atom is -0.347 e. The average molecular weight is 803 g/mol. The number of carbonyl (C=O) groups is 2. The molecule has 2 amide bonds. The number of anilines is 2. The van der Waals surface area contributed by atoms with Gasteiger partial charge in [0.05, 0.1) is 35.6 Å². The number of H-pyrrole nitrogens is 2. The standard InChI is InChI=1S/C46H50N12O2/c1-25(2)39(43(59)55-45-47-15-5-16-48-45)57-35-19-31(35)21-37(57)41-51-23-33(53-41)29-11-7-27(8-12-29)28-9-13-30(14-10-28)34-24-52-42(54-34)38-22-32-20-36(32)58(38)40(26(3)4)44(60)56-46-49-17-6-18-50-46/h5-18,23-26,31-32,35-40H,19-22H2,1-4H3,(H,51,53)(H,52,54)(H,47,48,55,59)(H,49,50,56,60). The van der Waals surface area contributed by atoms with Gasteiger partial charge in [-0.15, -0.1) is 0 Å². The number of likely N-dealkylation sites (tertiary alicyclic amines) is 2. The van der Waals surface area contributed by atoms with Crippen LogP contribution in [0.1, 0.15) is 77.1 Å². The lowest BCUT2D eigenvalue weighted by atomic mass is 9.99. The summed E-state index contributed by atoms with van der Waals surface area (Å²) in [5.41, 5.74) is 6.04. The van der Waals surface area contributed by atoms with Crippen molar-refractivity contribution in [1.29, 1.82) is 0 Å². The minimum absolute atomic E-state index is 0.0300. The molecule has 2 aromatic carbocycles. The van der Waals surface area contributed by atoms with Crippen molar-refractivity contribution in [2.45, 2.75) is 89.6 Å². The number of carbonyl (C=O) groups excluding carboxylic acids is 2. The molecule has 6 heterocycles. The van der Waals surface area contributed by atoms with Crippen molar-refractivity contribution in [3.8, 4) is 33.6 Å². The van der Waals surface area contributed by atoms with Crippen LogP contribution in [0.2, 0.25) is 0 Å². The molecule has 6 aromatic rings. The molecule has 2 saturated carbocycles. The van der Waals surface area contributed by atoms with E-state index in [1.54, 1.807) is 36.9 Å². The molecule has 2 saturated heterocycles. The Morgan fingerprint density at radius 3 is 1.30 bits per heavy atom. The Balaban J connectivity index is 0.810. The number of rotatable bonds is 13. The lowest BCUT2D eigenvalue weighted by Gasteiger charge is -2.35. The van der Waals surface area contributed by atoms with Crippen LogP contribution in [0.3, 0.4) is 0 Å². The first kappa shape index (κ1) is 38.1. The zero-order valence-electron chi connectivity index (χ0n) is 34.2. The second-order valence-corrected chi connectivity index (χ2v) is 17.5. The van der Waals surface area contributed by atoms with Gasteiger partial charge in [-0.05, 0) is 72.6 Å². The van der Waals surface area contributed by atoms with E-state index in [2.05, 4.69) is 127 Å². The highest BCUT2D eigenvalue weighted by Crippen LogP contribution is 2.56. The molecule has 0 spiro atoms. The Morgan fingerprint density at radius 1 is 0.567 bits per heavy atom. The minimum atomic E-state index is -0.326. The molecule has 14 heteroatoms. The molecule has 2 aliphatic heterocycles. The Hall–Kier alpha value is -6.12. The summed E-state index contributed by atoms with van der Waals surface area (Å²) in [5.74, 6) is 3.63. The summed E-state index contributed by atoms with van der Waals surface area (Å²) in [7, 11) is 0. The normalized spacial score (nSPS) is 24.2. The van der Waals surface area contributed by atoms with Gasteiger partial charge < -0.3 is 9.97 Å². The van der Waals surface area contributed by atoms with Gasteiger partial charge in [-0.1, -0.05) is 76.2 Å². The zero-order valence-corrected chi connectivity index (χ0v) is 34.2. The van der Waals surface area contributed by atoms with Crippen LogP contribution in [0, 0.1) is 23.7 Å². The van der Waals surface area contributed by atoms with Crippen LogP contribution in [0.25, 0.3) is 33.6 Å². The lowest BCUT2D eigenvalue weighted by Crippen LogP contribution is -2.48. The van der Waals surface area contributed by atoms with E-state index in [4.69, 9.17) is 9.97 Å². The smallest absolute Gasteiger partial charge is 0.244 e. The van der Waals surface area contributed by atoms with Gasteiger partial charge in [0.2, 0.25) is 23.7 Å². The van der Waals surface area contributed by atoms with Gasteiger partial charge in [0.15, 0.2) is 0 Å². The third-order valence-corrected chi connectivity index (χ3v) is 12.9. The Labute approximate surface area is 349 Å². The van der Waals surface area contributed by atoms with Crippen molar-refractivity contribution in [2.24, 2.45) is 23.7 Å². The van der Waals surface area contributed by atoms with Crippen molar-refractivity contribution in [1.82, 2.24) is 49.7 Å². The summed E-state index contributed by atoms with van der Waals surface area (Å²) in [6.45, 7) is 8.39. The molecule has 4 aliphatic rings. The van der Waals surface area contributed by atoms with E-state index >= 15 is 0 Å². The number of benzene rings is 2. The van der Waals surface area contributed by atoms with Crippen LogP contribution in [-0.2, 0) is 9.59 Å². The van der Waals surface area contributed by atoms with E-state index in [0.717, 1.165) is 71.0 Å². The SMILES string of the molecule is CC(C)C(C(=O)Nc1ncccn1)N1C(c2nc(-c3ccc(-c4ccc(-c5c[nH]c(C6CC7CC7N6C(C(=O)Nc6ncccn6)C(C)C)n5)cc4)cc3)c[nH]2)CC2CC21. The van der Waals surface area contributed by atoms with Crippen LogP contribution >= 0.6 is 0 Å². The van der Waals surface area contributed by atoms with E-state index < -0.39 is 0 Å². The largest absolute Gasteiger partial charge is 0.347 e. The van der Waals surface area contributed by atoms with Gasteiger partial charge in [0, 0.05) is 60.4 Å². The summed E-state index contributed by atoms with van der Waals surface area (Å²) in [6, 6.07) is 20.7. The fourth-order valence-corrected chi connectivity index (χ4v) is 9.92. The van der Waals surface area contributed by atoms with E-state index in [9.17, 15) is 9.59 Å². The van der Waals surface area contributed by atoms with E-state index in [1.165, 1.54) is 0 Å². The quantitative estimate of drug-likeness (QED) is 0.0928. The number of aromatic nitrogens is 8. The molecule has 60 heavy (non-hydrogen) atoms. The maximum atomic E-state index is 13.6. The van der Waals surface area contributed by atoms with Crippen LogP contribution in [0.15, 0.2) is 97.8 Å². The van der Waals surface area contributed by atoms with Crippen molar-refractivity contribution in [3.63, 3.8) is 0 Å². The number of piperidine rings is 2. The molecule has 0 bridgehead atoms. The molecule has 4 N–H and O–H groups in total. The molecule has 8 unspecified atom stereocenters. The number of imidazole rings is 2. The number of nitrogens with one attached hydrogen (secondary N) is 4. The lowest BCUT2D eigenvalue weighted by molar-refractivity contribution is -0.124. The van der Waals surface area contributed by atoms with Gasteiger partial charge in [0.1, 0.15) is 11.6 Å². The molecule has 4 aromatic heterocycles. The molecule has 2 aliphatic carbocycles. The van der Waals surface area contributed by atoms with Crippen LogP contribution in [-0.4, -0.2) is 85.7 Å². The molecule has 306 valence electrons. The molecule has 4 fully saturated rings. The first-order chi connectivity index (χ1) is 29.2. The Kier molecular flexibility index (Phi) is 9.83. The summed E-state index contributed by atoms with van der Waals surface area (Å²) < 4.78 is 0. The van der Waals surface area contributed by atoms with Gasteiger partial charge in [-0.3, -0.25) is 30.0 Å². The molecular formula is C46H50N12O2. The number of amides is 2. The van der Waals surface area contributed by atoms with Crippen molar-refractivity contribution in [2.75, 3.05) is 10.6 Å². The Morgan fingerprint density at radius 2 is 0.933 bits per heavy atom. The van der Waals surface area contributed by atoms with Crippen molar-refractivity contribution < 1.29 is 9.59 Å². The summed E-state index contributed by atoms with van der Waals surface area (Å²) in [6.07, 6.45) is 14.7. The second-order valence-electron chi connectivity index (χ2n) is 17.5. The highest BCUT2D eigenvalue weighted by molar-refractivity contribution is 5.94. The topological polar surface area (TPSA) is 174 Å². The number of fused-ring (bicyclic) bond motifs is 2. The molecule has 10 rings (SSSR count). The molecule has 14 nitrogen and oxygen atoms in total. The number of hydrogen-bond donors (Lipinski definition) is 4. The fourth-order valence-electron chi connectivity index (χ4n) is 9.92. The zero-order chi connectivity index (χ0) is 41.1. The predicted molar refractivity (Wildman–Crippen MR) is 228 cm³/mol. The first-order valence-corrected chi connectivity index (χ1v) is 21.2. The van der Waals surface area contributed by atoms with Crippen LogP contribution in [0.4, 0.5) is 11.9 Å². The van der Waals surface area contributed by atoms with Gasteiger partial charge in [0.25, 0.3) is 0 Å². The second kappa shape index (κ2) is 15.5. The molecular weight excluding hydrogens is 753 g/mol. The van der Waals surface area contributed by atoms with Gasteiger partial charge >= 0.3 is 0 Å². The van der Waals surface area contributed by atoms with Gasteiger partial charge in [-0.2, -0.15) is 0 Å².